The average Bonchev–Trinajstić information content (AvgIpc) is 3.41. The SMILES string of the molecule is O=C1OC2C(OC(=O)C3C4C=CC(C4)C3C(=O)OCCS(=O)(=O)[O-])C3CC1C2O3. The minimum Gasteiger partial charge on any atom is -0.748 e. The molecular weight excluding hydrogens is 408 g/mol. The maximum atomic E-state index is 13.0. The summed E-state index contributed by atoms with van der Waals surface area (Å²) in [6, 6.07) is 0. The van der Waals surface area contributed by atoms with Crippen molar-refractivity contribution in [1.29, 1.82) is 0 Å². The lowest BCUT2D eigenvalue weighted by Gasteiger charge is -2.28. The van der Waals surface area contributed by atoms with Crippen LogP contribution in [0, 0.1) is 29.6 Å². The fourth-order valence-electron chi connectivity index (χ4n) is 5.40. The van der Waals surface area contributed by atoms with Crippen LogP contribution in [-0.2, 0) is 43.4 Å². The fraction of sp³-hybridized carbons (Fsp3) is 0.722. The van der Waals surface area contributed by atoms with Gasteiger partial charge in [0.15, 0.2) is 12.2 Å². The van der Waals surface area contributed by atoms with Crippen molar-refractivity contribution >= 4 is 28.0 Å². The molecule has 9 atom stereocenters. The van der Waals surface area contributed by atoms with Crippen LogP contribution in [0.3, 0.4) is 0 Å². The molecule has 10 nitrogen and oxygen atoms in total. The zero-order valence-electron chi connectivity index (χ0n) is 15.2. The Hall–Kier alpha value is -1.98. The van der Waals surface area contributed by atoms with Gasteiger partial charge in [0.25, 0.3) is 0 Å². The first kappa shape index (κ1) is 19.0. The zero-order chi connectivity index (χ0) is 20.5. The second-order valence-electron chi connectivity index (χ2n) is 8.21. The standard InChI is InChI=1S/C18H20O10S/c19-16-9-6-10-14(15(28-16)13(9)26-10)27-18(21)12-8-2-1-7(5-8)11(12)17(20)25-3-4-29(22,23)24/h1-2,7-15H,3-6H2,(H,22,23,24)/p-1. The zero-order valence-corrected chi connectivity index (χ0v) is 16.0. The lowest BCUT2D eigenvalue weighted by molar-refractivity contribution is -0.170. The van der Waals surface area contributed by atoms with E-state index in [1.54, 1.807) is 0 Å². The van der Waals surface area contributed by atoms with E-state index in [-0.39, 0.29) is 29.8 Å². The summed E-state index contributed by atoms with van der Waals surface area (Å²) in [5, 5.41) is 0. The maximum absolute atomic E-state index is 13.0. The van der Waals surface area contributed by atoms with Crippen molar-refractivity contribution in [3.05, 3.63) is 12.2 Å². The highest BCUT2D eigenvalue weighted by molar-refractivity contribution is 7.85. The number of ether oxygens (including phenoxy) is 4. The number of hydrogen-bond donors (Lipinski definition) is 0. The molecule has 2 aliphatic carbocycles. The predicted molar refractivity (Wildman–Crippen MR) is 89.8 cm³/mol. The van der Waals surface area contributed by atoms with Crippen LogP contribution in [0.2, 0.25) is 0 Å². The molecule has 4 bridgehead atoms. The first-order valence-electron chi connectivity index (χ1n) is 9.58. The number of carbonyl (C=O) groups is 3. The lowest BCUT2D eigenvalue weighted by atomic mass is 9.82. The van der Waals surface area contributed by atoms with Crippen LogP contribution in [0.4, 0.5) is 0 Å². The summed E-state index contributed by atoms with van der Waals surface area (Å²) in [4.78, 5) is 37.3. The Morgan fingerprint density at radius 1 is 1.10 bits per heavy atom. The first-order valence-corrected chi connectivity index (χ1v) is 11.2. The van der Waals surface area contributed by atoms with Crippen molar-refractivity contribution < 1.29 is 46.3 Å². The quantitative estimate of drug-likeness (QED) is 0.227. The van der Waals surface area contributed by atoms with Crippen molar-refractivity contribution in [2.24, 2.45) is 29.6 Å². The number of rotatable bonds is 6. The minimum absolute atomic E-state index is 0.188. The Bertz CT molecular complexity index is 894. The predicted octanol–water partition coefficient (Wildman–Crippen LogP) is -0.862. The van der Waals surface area contributed by atoms with Gasteiger partial charge in [-0.2, -0.15) is 0 Å². The molecular formula is C18H19O10S-. The minimum atomic E-state index is -4.50. The molecule has 0 amide bonds. The highest BCUT2D eigenvalue weighted by atomic mass is 32.2. The average molecular weight is 427 g/mol. The molecule has 29 heavy (non-hydrogen) atoms. The first-order chi connectivity index (χ1) is 13.7. The van der Waals surface area contributed by atoms with Gasteiger partial charge in [0, 0.05) is 0 Å². The summed E-state index contributed by atoms with van der Waals surface area (Å²) in [7, 11) is -4.50. The molecule has 0 spiro atoms. The van der Waals surface area contributed by atoms with E-state index in [9.17, 15) is 27.4 Å². The molecule has 3 heterocycles. The second-order valence-corrected chi connectivity index (χ2v) is 9.74. The van der Waals surface area contributed by atoms with Crippen LogP contribution < -0.4 is 0 Å². The van der Waals surface area contributed by atoms with Gasteiger partial charge in [-0.25, -0.2) is 8.42 Å². The van der Waals surface area contributed by atoms with Crippen molar-refractivity contribution in [2.45, 2.75) is 37.3 Å². The summed E-state index contributed by atoms with van der Waals surface area (Å²) in [5.74, 6) is -4.72. The van der Waals surface area contributed by atoms with Crippen LogP contribution in [0.15, 0.2) is 12.2 Å². The molecule has 158 valence electrons. The van der Waals surface area contributed by atoms with E-state index < -0.39 is 64.6 Å². The molecule has 3 saturated heterocycles. The van der Waals surface area contributed by atoms with Crippen LogP contribution in [0.1, 0.15) is 12.8 Å². The van der Waals surface area contributed by atoms with Crippen molar-refractivity contribution in [2.75, 3.05) is 12.4 Å². The Balaban J connectivity index is 1.27. The van der Waals surface area contributed by atoms with E-state index in [1.807, 2.05) is 12.2 Å². The van der Waals surface area contributed by atoms with Crippen LogP contribution in [0.25, 0.3) is 0 Å². The summed E-state index contributed by atoms with van der Waals surface area (Å²) in [6.07, 6.45) is 2.65. The van der Waals surface area contributed by atoms with Gasteiger partial charge in [-0.15, -0.1) is 0 Å². The van der Waals surface area contributed by atoms with Gasteiger partial charge in [-0.3, -0.25) is 14.4 Å². The number of fused-ring (bicyclic) bond motifs is 3. The number of esters is 3. The summed E-state index contributed by atoms with van der Waals surface area (Å²) in [5.41, 5.74) is 0. The Morgan fingerprint density at radius 2 is 1.79 bits per heavy atom. The topological polar surface area (TPSA) is 145 Å². The van der Waals surface area contributed by atoms with Gasteiger partial charge < -0.3 is 23.5 Å². The molecule has 1 saturated carbocycles. The molecule has 11 heteroatoms. The summed E-state index contributed by atoms with van der Waals surface area (Å²) >= 11 is 0. The molecule has 5 rings (SSSR count). The number of hydrogen-bond acceptors (Lipinski definition) is 10. The molecule has 4 fully saturated rings. The summed E-state index contributed by atoms with van der Waals surface area (Å²) in [6.45, 7) is -0.552. The summed E-state index contributed by atoms with van der Waals surface area (Å²) < 4.78 is 53.7. The third-order valence-corrected chi connectivity index (χ3v) is 7.28. The van der Waals surface area contributed by atoms with E-state index in [1.165, 1.54) is 0 Å². The van der Waals surface area contributed by atoms with Gasteiger partial charge in [-0.05, 0) is 24.7 Å². The fourth-order valence-corrected chi connectivity index (χ4v) is 5.69. The maximum Gasteiger partial charge on any atom is 0.312 e. The molecule has 0 aromatic heterocycles. The normalized spacial score (nSPS) is 43.6. The van der Waals surface area contributed by atoms with Crippen molar-refractivity contribution in [3.8, 4) is 0 Å². The van der Waals surface area contributed by atoms with E-state index >= 15 is 0 Å². The highest BCUT2D eigenvalue weighted by Gasteiger charge is 2.65. The van der Waals surface area contributed by atoms with Crippen LogP contribution >= 0.6 is 0 Å². The second kappa shape index (κ2) is 6.51. The molecule has 5 aliphatic rings. The number of carbonyl (C=O) groups excluding carboxylic acids is 3. The number of allylic oxidation sites excluding steroid dienone is 2. The smallest absolute Gasteiger partial charge is 0.312 e. The van der Waals surface area contributed by atoms with Crippen molar-refractivity contribution in [3.63, 3.8) is 0 Å². The van der Waals surface area contributed by atoms with Gasteiger partial charge in [-0.1, -0.05) is 12.2 Å². The third-order valence-electron chi connectivity index (χ3n) is 6.62. The molecule has 0 radical (unpaired) electrons. The Morgan fingerprint density at radius 3 is 2.48 bits per heavy atom. The van der Waals surface area contributed by atoms with Gasteiger partial charge in [0.2, 0.25) is 0 Å². The highest BCUT2D eigenvalue weighted by Crippen LogP contribution is 2.51. The Kier molecular flexibility index (Phi) is 4.27. The molecule has 9 unspecified atom stereocenters. The van der Waals surface area contributed by atoms with Gasteiger partial charge in [0.05, 0.1) is 39.7 Å². The van der Waals surface area contributed by atoms with E-state index in [0.29, 0.717) is 12.8 Å². The third kappa shape index (κ3) is 3.06. The largest absolute Gasteiger partial charge is 0.748 e. The van der Waals surface area contributed by atoms with Crippen LogP contribution in [-0.4, -0.2) is 67.7 Å². The van der Waals surface area contributed by atoms with Crippen LogP contribution in [0.5, 0.6) is 0 Å². The van der Waals surface area contributed by atoms with E-state index in [2.05, 4.69) is 0 Å². The molecule has 3 aliphatic heterocycles. The van der Waals surface area contributed by atoms with Crippen molar-refractivity contribution in [1.82, 2.24) is 0 Å². The van der Waals surface area contributed by atoms with E-state index in [0.717, 1.165) is 0 Å². The van der Waals surface area contributed by atoms with Gasteiger partial charge >= 0.3 is 17.9 Å². The molecule has 0 aromatic rings. The Labute approximate surface area is 166 Å². The van der Waals surface area contributed by atoms with Gasteiger partial charge in [0.1, 0.15) is 12.7 Å². The molecule has 0 aromatic carbocycles. The van der Waals surface area contributed by atoms with E-state index in [4.69, 9.17) is 18.9 Å². The lowest BCUT2D eigenvalue weighted by Crippen LogP contribution is -2.43. The molecule has 0 N–H and O–H groups in total. The monoisotopic (exact) mass is 427 g/mol.